The molecular formula is C19H25N5O. The number of aromatic nitrogens is 2. The molecule has 6 heteroatoms. The second-order valence-electron chi connectivity index (χ2n) is 7.23. The van der Waals surface area contributed by atoms with Crippen LogP contribution in [0.1, 0.15) is 30.0 Å². The first-order chi connectivity index (χ1) is 12.2. The second kappa shape index (κ2) is 6.98. The average molecular weight is 339 g/mol. The van der Waals surface area contributed by atoms with Crippen LogP contribution in [-0.4, -0.2) is 40.4 Å². The lowest BCUT2D eigenvalue weighted by atomic mass is 9.95. The Kier molecular flexibility index (Phi) is 4.55. The number of anilines is 1. The van der Waals surface area contributed by atoms with Crippen LogP contribution in [0.15, 0.2) is 36.5 Å². The summed E-state index contributed by atoms with van der Waals surface area (Å²) in [5.74, 6) is 1.26. The summed E-state index contributed by atoms with van der Waals surface area (Å²) in [6.07, 6.45) is 4.26. The van der Waals surface area contributed by atoms with Crippen molar-refractivity contribution in [2.24, 2.45) is 17.6 Å². The number of nitrogens with zero attached hydrogens (tertiary/aromatic N) is 2. The highest BCUT2D eigenvalue weighted by Gasteiger charge is 2.37. The fourth-order valence-corrected chi connectivity index (χ4v) is 3.68. The Morgan fingerprint density at radius 1 is 1.28 bits per heavy atom. The van der Waals surface area contributed by atoms with Crippen molar-refractivity contribution < 1.29 is 4.79 Å². The number of H-pyrrole nitrogens is 1. The molecule has 4 rings (SSSR count). The highest BCUT2D eigenvalue weighted by molar-refractivity contribution is 5.91. The fraction of sp³-hybridized carbons (Fsp3) is 0.474. The van der Waals surface area contributed by atoms with Crippen LogP contribution in [0.4, 0.5) is 5.95 Å². The van der Waals surface area contributed by atoms with Crippen LogP contribution in [0.25, 0.3) is 0 Å². The molecule has 2 heterocycles. The van der Waals surface area contributed by atoms with E-state index in [9.17, 15) is 4.79 Å². The molecule has 132 valence electrons. The van der Waals surface area contributed by atoms with Crippen LogP contribution in [0.5, 0.6) is 0 Å². The minimum Gasteiger partial charge on any atom is -0.330 e. The number of likely N-dealkylation sites (tertiary alicyclic amines) is 1. The largest absolute Gasteiger partial charge is 0.330 e. The molecule has 0 radical (unpaired) electrons. The maximum atomic E-state index is 12.7. The Morgan fingerprint density at radius 3 is 2.80 bits per heavy atom. The summed E-state index contributed by atoms with van der Waals surface area (Å²) in [6.45, 7) is 2.97. The first-order valence-corrected chi connectivity index (χ1v) is 9.05. The molecule has 0 unspecified atom stereocenters. The van der Waals surface area contributed by atoms with Crippen molar-refractivity contribution in [1.82, 2.24) is 14.9 Å². The lowest BCUT2D eigenvalue weighted by Crippen LogP contribution is -2.32. The summed E-state index contributed by atoms with van der Waals surface area (Å²) in [6, 6.07) is 10.3. The number of carbonyl (C=O) groups excluding carboxylic acids is 1. The molecule has 1 aliphatic carbocycles. The standard InChI is InChI=1S/C19H25N5O/c20-8-15-11-24(10-13-4-2-1-3-5-13)12-16(15)18(25)23-19-21-9-17(22-19)14-6-7-14/h1-5,9,14-16H,6-8,10-12,20H2,(H2,21,22,23,25)/t15-,16-/m1/s1. The van der Waals surface area contributed by atoms with Crippen molar-refractivity contribution in [1.29, 1.82) is 0 Å². The Bertz CT molecular complexity index is 724. The monoisotopic (exact) mass is 339 g/mol. The summed E-state index contributed by atoms with van der Waals surface area (Å²) in [5, 5.41) is 2.95. The van der Waals surface area contributed by atoms with Gasteiger partial charge in [-0.25, -0.2) is 4.98 Å². The van der Waals surface area contributed by atoms with Crippen LogP contribution in [-0.2, 0) is 11.3 Å². The van der Waals surface area contributed by atoms with Gasteiger partial charge >= 0.3 is 0 Å². The lowest BCUT2D eigenvalue weighted by molar-refractivity contribution is -0.120. The van der Waals surface area contributed by atoms with E-state index in [4.69, 9.17) is 5.73 Å². The molecule has 2 aliphatic rings. The van der Waals surface area contributed by atoms with E-state index < -0.39 is 0 Å². The zero-order valence-electron chi connectivity index (χ0n) is 14.3. The van der Waals surface area contributed by atoms with E-state index >= 15 is 0 Å². The van der Waals surface area contributed by atoms with Gasteiger partial charge in [0.1, 0.15) is 0 Å². The van der Waals surface area contributed by atoms with Gasteiger partial charge in [-0.2, -0.15) is 0 Å². The molecule has 25 heavy (non-hydrogen) atoms. The van der Waals surface area contributed by atoms with Gasteiger partial charge in [0.05, 0.1) is 12.1 Å². The Balaban J connectivity index is 1.38. The fourth-order valence-electron chi connectivity index (χ4n) is 3.68. The summed E-state index contributed by atoms with van der Waals surface area (Å²) >= 11 is 0. The third-order valence-electron chi connectivity index (χ3n) is 5.26. The number of aromatic amines is 1. The first-order valence-electron chi connectivity index (χ1n) is 9.05. The molecular weight excluding hydrogens is 314 g/mol. The molecule has 1 aliphatic heterocycles. The Hall–Kier alpha value is -2.18. The van der Waals surface area contributed by atoms with Gasteiger partial charge in [0.15, 0.2) is 0 Å². The van der Waals surface area contributed by atoms with Gasteiger partial charge in [-0.15, -0.1) is 0 Å². The quantitative estimate of drug-likeness (QED) is 0.750. The predicted molar refractivity (Wildman–Crippen MR) is 96.9 cm³/mol. The first kappa shape index (κ1) is 16.3. The molecule has 4 N–H and O–H groups in total. The highest BCUT2D eigenvalue weighted by atomic mass is 16.2. The van der Waals surface area contributed by atoms with Gasteiger partial charge in [-0.3, -0.25) is 15.0 Å². The van der Waals surface area contributed by atoms with Crippen LogP contribution < -0.4 is 11.1 Å². The molecule has 0 spiro atoms. The number of amides is 1. The third-order valence-corrected chi connectivity index (χ3v) is 5.26. The SMILES string of the molecule is NC[C@@H]1CN(Cc2ccccc2)C[C@H]1C(=O)Nc1ncc(C2CC2)[nH]1. The third kappa shape index (κ3) is 3.75. The van der Waals surface area contributed by atoms with Crippen LogP contribution in [0, 0.1) is 11.8 Å². The maximum absolute atomic E-state index is 12.7. The van der Waals surface area contributed by atoms with Gasteiger partial charge in [0.2, 0.25) is 11.9 Å². The number of carbonyl (C=O) groups is 1. The van der Waals surface area contributed by atoms with Crippen LogP contribution in [0.3, 0.4) is 0 Å². The number of imidazole rings is 1. The zero-order chi connectivity index (χ0) is 17.2. The molecule has 6 nitrogen and oxygen atoms in total. The van der Waals surface area contributed by atoms with E-state index in [1.807, 2.05) is 24.4 Å². The normalized spacial score (nSPS) is 23.7. The van der Waals surface area contributed by atoms with E-state index in [1.54, 1.807) is 0 Å². The minimum absolute atomic E-state index is 0.0164. The lowest BCUT2D eigenvalue weighted by Gasteiger charge is -2.15. The smallest absolute Gasteiger partial charge is 0.231 e. The van der Waals surface area contributed by atoms with Gasteiger partial charge in [0, 0.05) is 31.2 Å². The molecule has 1 saturated carbocycles. The van der Waals surface area contributed by atoms with Crippen molar-refractivity contribution in [3.05, 3.63) is 47.8 Å². The van der Waals surface area contributed by atoms with Crippen molar-refractivity contribution in [3.8, 4) is 0 Å². The molecule has 0 bridgehead atoms. The topological polar surface area (TPSA) is 87.0 Å². The van der Waals surface area contributed by atoms with E-state index in [0.29, 0.717) is 18.4 Å². The van der Waals surface area contributed by atoms with Crippen molar-refractivity contribution in [3.63, 3.8) is 0 Å². The van der Waals surface area contributed by atoms with E-state index in [-0.39, 0.29) is 17.7 Å². The molecule has 1 saturated heterocycles. The van der Waals surface area contributed by atoms with Gasteiger partial charge in [-0.1, -0.05) is 30.3 Å². The number of hydrogen-bond acceptors (Lipinski definition) is 4. The molecule has 1 aromatic carbocycles. The summed E-state index contributed by atoms with van der Waals surface area (Å²) in [7, 11) is 0. The van der Waals surface area contributed by atoms with Crippen molar-refractivity contribution in [2.45, 2.75) is 25.3 Å². The summed E-state index contributed by atoms with van der Waals surface area (Å²) in [4.78, 5) is 22.6. The number of benzene rings is 1. The Labute approximate surface area is 147 Å². The predicted octanol–water partition coefficient (Wildman–Crippen LogP) is 1.93. The second-order valence-corrected chi connectivity index (χ2v) is 7.23. The maximum Gasteiger partial charge on any atom is 0.231 e. The highest BCUT2D eigenvalue weighted by Crippen LogP contribution is 2.39. The molecule has 2 fully saturated rings. The molecule has 1 amide bonds. The number of hydrogen-bond donors (Lipinski definition) is 3. The molecule has 2 aromatic rings. The number of nitrogens with two attached hydrogens (primary N) is 1. The minimum atomic E-state index is -0.0943. The van der Waals surface area contributed by atoms with E-state index in [0.717, 1.165) is 25.3 Å². The van der Waals surface area contributed by atoms with Crippen LogP contribution in [0.2, 0.25) is 0 Å². The number of rotatable bonds is 6. The van der Waals surface area contributed by atoms with Crippen LogP contribution >= 0.6 is 0 Å². The van der Waals surface area contributed by atoms with Gasteiger partial charge in [-0.05, 0) is 30.9 Å². The van der Waals surface area contributed by atoms with Crippen molar-refractivity contribution in [2.75, 3.05) is 25.0 Å². The average Bonchev–Trinajstić information content (AvgIpc) is 3.24. The summed E-state index contributed by atoms with van der Waals surface area (Å²) in [5.41, 5.74) is 8.32. The molecule has 2 atom stereocenters. The van der Waals surface area contributed by atoms with Gasteiger partial charge < -0.3 is 10.7 Å². The molecule has 1 aromatic heterocycles. The number of nitrogens with one attached hydrogen (secondary N) is 2. The van der Waals surface area contributed by atoms with E-state index in [1.165, 1.54) is 18.4 Å². The zero-order valence-corrected chi connectivity index (χ0v) is 14.3. The van der Waals surface area contributed by atoms with Gasteiger partial charge in [0.25, 0.3) is 0 Å². The summed E-state index contributed by atoms with van der Waals surface area (Å²) < 4.78 is 0. The van der Waals surface area contributed by atoms with Crippen molar-refractivity contribution >= 4 is 11.9 Å². The Morgan fingerprint density at radius 2 is 2.08 bits per heavy atom. The van der Waals surface area contributed by atoms with E-state index in [2.05, 4.69) is 32.3 Å².